The van der Waals surface area contributed by atoms with Crippen LogP contribution >= 0.6 is 0 Å². The van der Waals surface area contributed by atoms with Gasteiger partial charge in [-0.05, 0) is 40.2 Å². The molecule has 0 bridgehead atoms. The molecule has 2 rings (SSSR count). The number of hydrazine groups is 1. The van der Waals surface area contributed by atoms with Gasteiger partial charge in [0.15, 0.2) is 23.5 Å². The van der Waals surface area contributed by atoms with Crippen LogP contribution in [0.3, 0.4) is 0 Å². The van der Waals surface area contributed by atoms with Crippen LogP contribution in [0.25, 0.3) is 0 Å². The second-order valence-electron chi connectivity index (χ2n) is 7.93. The van der Waals surface area contributed by atoms with Crippen molar-refractivity contribution in [3.63, 3.8) is 0 Å². The fourth-order valence-electron chi connectivity index (χ4n) is 3.08. The molecule has 0 heterocycles. The van der Waals surface area contributed by atoms with Gasteiger partial charge in [0.25, 0.3) is 5.91 Å². The predicted molar refractivity (Wildman–Crippen MR) is 107 cm³/mol. The van der Waals surface area contributed by atoms with Gasteiger partial charge in [-0.2, -0.15) is 5.01 Å². The number of nitrogens with zero attached hydrogens (tertiary/aromatic N) is 1. The number of aliphatic hydroxyl groups excluding tert-OH is 1. The van der Waals surface area contributed by atoms with Gasteiger partial charge >= 0.3 is 0 Å². The van der Waals surface area contributed by atoms with Crippen molar-refractivity contribution in [3.05, 3.63) is 58.7 Å². The fraction of sp³-hybridized carbons (Fsp3) is 0.450. The van der Waals surface area contributed by atoms with Crippen LogP contribution in [0.5, 0.6) is 0 Å². The normalized spacial score (nSPS) is 22.0. The SMILES string of the molecule is Cc1cc(C)cc(C(O)N(NC(=O)C2=CC=CC(S(=O)O)C2F)C(C)(C)C)c1. The molecule has 3 N–H and O–H groups in total. The van der Waals surface area contributed by atoms with E-state index >= 15 is 0 Å². The van der Waals surface area contributed by atoms with Gasteiger partial charge in [-0.25, -0.2) is 8.60 Å². The van der Waals surface area contributed by atoms with Gasteiger partial charge in [0.05, 0.1) is 5.57 Å². The molecule has 0 aliphatic heterocycles. The number of carbonyl (C=O) groups excluding carboxylic acids is 1. The molecule has 1 aliphatic rings. The van der Waals surface area contributed by atoms with E-state index in [2.05, 4.69) is 5.43 Å². The summed E-state index contributed by atoms with van der Waals surface area (Å²) in [7, 11) is 0. The van der Waals surface area contributed by atoms with Crippen molar-refractivity contribution in [1.29, 1.82) is 0 Å². The van der Waals surface area contributed by atoms with E-state index in [1.54, 1.807) is 20.8 Å². The lowest BCUT2D eigenvalue weighted by molar-refractivity contribution is -0.139. The van der Waals surface area contributed by atoms with Crippen LogP contribution in [0.4, 0.5) is 4.39 Å². The van der Waals surface area contributed by atoms with Gasteiger partial charge in [0.2, 0.25) is 0 Å². The van der Waals surface area contributed by atoms with Crippen molar-refractivity contribution in [2.24, 2.45) is 0 Å². The van der Waals surface area contributed by atoms with Gasteiger partial charge in [-0.1, -0.05) is 47.6 Å². The van der Waals surface area contributed by atoms with Gasteiger partial charge in [0.1, 0.15) is 5.25 Å². The van der Waals surface area contributed by atoms with E-state index in [0.29, 0.717) is 5.56 Å². The van der Waals surface area contributed by atoms with E-state index in [1.165, 1.54) is 23.2 Å². The number of hydrogen-bond donors (Lipinski definition) is 3. The zero-order valence-electron chi connectivity index (χ0n) is 16.6. The number of benzene rings is 1. The van der Waals surface area contributed by atoms with E-state index in [4.69, 9.17) is 0 Å². The topological polar surface area (TPSA) is 89.9 Å². The molecule has 1 amide bonds. The molecule has 0 saturated carbocycles. The molecule has 0 saturated heterocycles. The molecule has 8 heteroatoms. The summed E-state index contributed by atoms with van der Waals surface area (Å²) >= 11 is -2.44. The van der Waals surface area contributed by atoms with Gasteiger partial charge in [-0.3, -0.25) is 10.2 Å². The first kappa shape index (κ1) is 22.4. The Morgan fingerprint density at radius 2 is 1.82 bits per heavy atom. The van der Waals surface area contributed by atoms with Crippen LogP contribution in [0, 0.1) is 13.8 Å². The fourth-order valence-corrected chi connectivity index (χ4v) is 3.66. The first-order chi connectivity index (χ1) is 12.9. The molecule has 6 nitrogen and oxygen atoms in total. The molecule has 0 aromatic heterocycles. The van der Waals surface area contributed by atoms with Crippen LogP contribution in [0.2, 0.25) is 0 Å². The standard InChI is InChI=1S/C20H27FN2O4S/c1-12-9-13(2)11-14(10-12)19(25)23(20(3,4)5)22-18(24)15-7-6-8-16(17(15)21)28(26)27/h6-11,16-17,19,25H,1-5H3,(H,22,24)(H,26,27). The van der Waals surface area contributed by atoms with E-state index in [-0.39, 0.29) is 5.57 Å². The van der Waals surface area contributed by atoms with E-state index in [9.17, 15) is 23.1 Å². The number of halogens is 1. The first-order valence-electron chi connectivity index (χ1n) is 8.90. The van der Waals surface area contributed by atoms with Crippen molar-refractivity contribution in [2.75, 3.05) is 0 Å². The summed E-state index contributed by atoms with van der Waals surface area (Å²) in [6, 6.07) is 5.60. The summed E-state index contributed by atoms with van der Waals surface area (Å²) < 4.78 is 35.1. The molecular weight excluding hydrogens is 383 g/mol. The Balaban J connectivity index is 2.30. The van der Waals surface area contributed by atoms with Gasteiger partial charge < -0.3 is 9.66 Å². The number of aliphatic hydroxyl groups is 1. The first-order valence-corrected chi connectivity index (χ1v) is 10.1. The Morgan fingerprint density at radius 3 is 2.32 bits per heavy atom. The summed E-state index contributed by atoms with van der Waals surface area (Å²) in [6.45, 7) is 9.21. The third-order valence-corrected chi connectivity index (χ3v) is 5.25. The summed E-state index contributed by atoms with van der Waals surface area (Å²) in [5, 5.41) is 11.0. The van der Waals surface area contributed by atoms with Crippen LogP contribution in [-0.2, 0) is 15.9 Å². The Hall–Kier alpha value is -1.87. The second kappa shape index (κ2) is 8.65. The van der Waals surface area contributed by atoms with Crippen molar-refractivity contribution >= 4 is 17.0 Å². The molecule has 28 heavy (non-hydrogen) atoms. The lowest BCUT2D eigenvalue weighted by Crippen LogP contribution is -2.55. The lowest BCUT2D eigenvalue weighted by Gasteiger charge is -2.39. The molecule has 0 fully saturated rings. The number of amides is 1. The number of hydrogen-bond acceptors (Lipinski definition) is 4. The van der Waals surface area contributed by atoms with E-state index in [1.807, 2.05) is 32.0 Å². The molecule has 1 aliphatic carbocycles. The number of rotatable bonds is 5. The number of alkyl halides is 1. The highest BCUT2D eigenvalue weighted by Crippen LogP contribution is 2.27. The minimum atomic E-state index is -2.44. The molecule has 0 spiro atoms. The molecule has 1 aromatic carbocycles. The second-order valence-corrected chi connectivity index (χ2v) is 9.02. The van der Waals surface area contributed by atoms with Crippen LogP contribution in [0.1, 0.15) is 43.7 Å². The molecule has 1 aromatic rings. The van der Waals surface area contributed by atoms with Crippen molar-refractivity contribution < 1.29 is 23.1 Å². The van der Waals surface area contributed by atoms with Gasteiger partial charge in [0, 0.05) is 5.54 Å². The minimum absolute atomic E-state index is 0.267. The third kappa shape index (κ3) is 5.14. The Bertz CT molecular complexity index is 812. The quantitative estimate of drug-likeness (QED) is 0.395. The largest absolute Gasteiger partial charge is 0.372 e. The zero-order valence-corrected chi connectivity index (χ0v) is 17.5. The molecule has 4 atom stereocenters. The smallest absolute Gasteiger partial charge is 0.264 e. The maximum Gasteiger partial charge on any atom is 0.264 e. The minimum Gasteiger partial charge on any atom is -0.372 e. The maximum atomic E-state index is 14.6. The summed E-state index contributed by atoms with van der Waals surface area (Å²) in [6.07, 6.45) is 0.821. The van der Waals surface area contributed by atoms with E-state index in [0.717, 1.165) is 11.1 Å². The third-order valence-electron chi connectivity index (χ3n) is 4.39. The highest BCUT2D eigenvalue weighted by Gasteiger charge is 2.36. The molecular formula is C20H27FN2O4S. The maximum absolute atomic E-state index is 14.6. The number of allylic oxidation sites excluding steroid dienone is 2. The Kier molecular flexibility index (Phi) is 6.93. The molecule has 154 valence electrons. The predicted octanol–water partition coefficient (Wildman–Crippen LogP) is 2.85. The average Bonchev–Trinajstić information content (AvgIpc) is 2.56. The summed E-state index contributed by atoms with van der Waals surface area (Å²) in [5.74, 6) is -0.773. The number of carbonyl (C=O) groups is 1. The summed E-state index contributed by atoms with van der Waals surface area (Å²) in [4.78, 5) is 12.7. The van der Waals surface area contributed by atoms with Gasteiger partial charge in [-0.15, -0.1) is 0 Å². The van der Waals surface area contributed by atoms with Crippen molar-refractivity contribution in [2.45, 2.75) is 57.8 Å². The Morgan fingerprint density at radius 1 is 1.25 bits per heavy atom. The number of aryl methyl sites for hydroxylation is 2. The number of nitrogens with one attached hydrogen (secondary N) is 1. The van der Waals surface area contributed by atoms with Crippen molar-refractivity contribution in [1.82, 2.24) is 10.4 Å². The lowest BCUT2D eigenvalue weighted by atomic mass is 10.0. The van der Waals surface area contributed by atoms with Crippen molar-refractivity contribution in [3.8, 4) is 0 Å². The molecule has 4 unspecified atom stereocenters. The monoisotopic (exact) mass is 410 g/mol. The highest BCUT2D eigenvalue weighted by molar-refractivity contribution is 7.80. The van der Waals surface area contributed by atoms with E-state index < -0.39 is 40.2 Å². The van der Waals surface area contributed by atoms with Crippen LogP contribution in [-0.4, -0.2) is 41.7 Å². The zero-order chi connectivity index (χ0) is 21.2. The molecule has 0 radical (unpaired) electrons. The average molecular weight is 411 g/mol. The van der Waals surface area contributed by atoms with Crippen LogP contribution in [0.15, 0.2) is 42.0 Å². The summed E-state index contributed by atoms with van der Waals surface area (Å²) in [5.41, 5.74) is 4.14. The van der Waals surface area contributed by atoms with Crippen LogP contribution < -0.4 is 5.43 Å². The highest BCUT2D eigenvalue weighted by atomic mass is 32.2. The Labute approximate surface area is 167 Å².